The molecule has 1 fully saturated rings. The maximum absolute atomic E-state index is 12.8. The van der Waals surface area contributed by atoms with Crippen LogP contribution < -0.4 is 10.6 Å². The molecule has 0 unspecified atom stereocenters. The Morgan fingerprint density at radius 1 is 1.27 bits per heavy atom. The van der Waals surface area contributed by atoms with Gasteiger partial charge in [-0.25, -0.2) is 9.97 Å². The van der Waals surface area contributed by atoms with Crippen molar-refractivity contribution in [2.75, 3.05) is 36.8 Å². The van der Waals surface area contributed by atoms with Crippen LogP contribution in [0.15, 0.2) is 34.9 Å². The second-order valence-electron chi connectivity index (χ2n) is 6.77. The van der Waals surface area contributed by atoms with Crippen molar-refractivity contribution in [3.63, 3.8) is 0 Å². The summed E-state index contributed by atoms with van der Waals surface area (Å²) >= 11 is 3.34. The molecule has 1 aliphatic rings. The van der Waals surface area contributed by atoms with Gasteiger partial charge in [-0.2, -0.15) is 0 Å². The van der Waals surface area contributed by atoms with Crippen LogP contribution in [0.4, 0.5) is 11.6 Å². The van der Waals surface area contributed by atoms with Crippen molar-refractivity contribution < 1.29 is 7.65 Å². The van der Waals surface area contributed by atoms with Crippen LogP contribution in [0.25, 0.3) is 0 Å². The van der Waals surface area contributed by atoms with Crippen LogP contribution in [0.2, 0.25) is 0 Å². The maximum Gasteiger partial charge on any atom is 0.215 e. The van der Waals surface area contributed by atoms with E-state index in [1.807, 2.05) is 12.1 Å². The zero-order chi connectivity index (χ0) is 18.7. The summed E-state index contributed by atoms with van der Waals surface area (Å²) in [5.41, 5.74) is 6.63. The first-order valence-electron chi connectivity index (χ1n) is 8.87. The van der Waals surface area contributed by atoms with Crippen molar-refractivity contribution in [2.45, 2.75) is 26.3 Å². The summed E-state index contributed by atoms with van der Waals surface area (Å²) in [6.07, 6.45) is 2.66. The van der Waals surface area contributed by atoms with Gasteiger partial charge < -0.3 is 10.6 Å². The minimum atomic E-state index is -0.211. The number of hydrogen-bond donors (Lipinski definition) is 1. The number of carbonyl (C=O) groups excluding carboxylic acids is 1. The highest BCUT2D eigenvalue weighted by Gasteiger charge is 2.20. The highest BCUT2D eigenvalue weighted by atomic mass is 79.9. The standard InChI is InChI=1S/C19H24BrN5O.2H2/c1-13(2)24-7-4-8-25(10-9-24)17-6-3-5-16(23-17)18(26)15-11-14(20)12-22-19(15)21;;/h3,5-6,11-13H,4,7-10H2,1-2H3,(H2,21,22);2*1H. The molecular weight excluding hydrogens is 394 g/mol. The third-order valence-electron chi connectivity index (χ3n) is 4.68. The summed E-state index contributed by atoms with van der Waals surface area (Å²) in [5.74, 6) is 0.840. The Labute approximate surface area is 165 Å². The Morgan fingerprint density at radius 3 is 2.85 bits per heavy atom. The quantitative estimate of drug-likeness (QED) is 0.761. The van der Waals surface area contributed by atoms with Crippen molar-refractivity contribution in [3.8, 4) is 0 Å². The second-order valence-corrected chi connectivity index (χ2v) is 7.68. The van der Waals surface area contributed by atoms with E-state index in [0.29, 0.717) is 21.8 Å². The molecule has 0 aromatic carbocycles. The Morgan fingerprint density at radius 2 is 2.08 bits per heavy atom. The van der Waals surface area contributed by atoms with Gasteiger partial charge in [-0.05, 0) is 54.4 Å². The predicted octanol–water partition coefficient (Wildman–Crippen LogP) is 3.46. The molecule has 0 aliphatic carbocycles. The summed E-state index contributed by atoms with van der Waals surface area (Å²) in [6.45, 7) is 8.39. The Kier molecular flexibility index (Phi) is 5.88. The summed E-state index contributed by atoms with van der Waals surface area (Å²) in [5, 5.41) is 0. The SMILES string of the molecule is CC(C)N1CCCN(c2cccc(C(=O)c3cc(Br)cnc3N)n2)CC1.[HH].[HH]. The monoisotopic (exact) mass is 421 g/mol. The normalized spacial score (nSPS) is 15.9. The number of rotatable bonds is 4. The summed E-state index contributed by atoms with van der Waals surface area (Å²) in [7, 11) is 0. The molecule has 2 aromatic heterocycles. The predicted molar refractivity (Wildman–Crippen MR) is 112 cm³/mol. The van der Waals surface area contributed by atoms with Crippen LogP contribution in [-0.4, -0.2) is 52.9 Å². The Hall–Kier alpha value is -1.99. The average Bonchev–Trinajstić information content (AvgIpc) is 2.89. The molecule has 7 heteroatoms. The van der Waals surface area contributed by atoms with Crippen molar-refractivity contribution in [1.82, 2.24) is 14.9 Å². The van der Waals surface area contributed by atoms with Gasteiger partial charge in [0.15, 0.2) is 0 Å². The minimum Gasteiger partial charge on any atom is -0.383 e. The summed E-state index contributed by atoms with van der Waals surface area (Å²) in [4.78, 5) is 26.2. The molecule has 1 aliphatic heterocycles. The van der Waals surface area contributed by atoms with Gasteiger partial charge in [0, 0.05) is 45.7 Å². The number of hydrogen-bond acceptors (Lipinski definition) is 6. The van der Waals surface area contributed by atoms with E-state index >= 15 is 0 Å². The molecule has 0 spiro atoms. The van der Waals surface area contributed by atoms with Crippen molar-refractivity contribution in [2.24, 2.45) is 0 Å². The number of nitrogen functional groups attached to an aromatic ring is 1. The number of nitrogens with two attached hydrogens (primary N) is 1. The van der Waals surface area contributed by atoms with Crippen LogP contribution in [0, 0.1) is 0 Å². The zero-order valence-corrected chi connectivity index (χ0v) is 16.7. The molecule has 2 aromatic rings. The van der Waals surface area contributed by atoms with E-state index in [1.165, 1.54) is 0 Å². The van der Waals surface area contributed by atoms with Gasteiger partial charge >= 0.3 is 0 Å². The van der Waals surface area contributed by atoms with E-state index in [4.69, 9.17) is 5.73 Å². The molecule has 0 radical (unpaired) electrons. The first-order valence-corrected chi connectivity index (χ1v) is 9.67. The van der Waals surface area contributed by atoms with Gasteiger partial charge in [0.1, 0.15) is 17.3 Å². The fourth-order valence-corrected chi connectivity index (χ4v) is 3.51. The molecule has 0 atom stereocenters. The van der Waals surface area contributed by atoms with E-state index in [0.717, 1.165) is 38.4 Å². The first kappa shape index (κ1) is 18.8. The van der Waals surface area contributed by atoms with Crippen LogP contribution >= 0.6 is 15.9 Å². The lowest BCUT2D eigenvalue weighted by atomic mass is 10.1. The third-order valence-corrected chi connectivity index (χ3v) is 5.12. The van der Waals surface area contributed by atoms with Crippen LogP contribution in [-0.2, 0) is 0 Å². The van der Waals surface area contributed by atoms with Crippen molar-refractivity contribution in [3.05, 3.63) is 46.2 Å². The van der Waals surface area contributed by atoms with Crippen molar-refractivity contribution in [1.29, 1.82) is 0 Å². The number of anilines is 2. The Bertz CT molecular complexity index is 806. The van der Waals surface area contributed by atoms with Crippen LogP contribution in [0.3, 0.4) is 0 Å². The van der Waals surface area contributed by atoms with Gasteiger partial charge in [-0.3, -0.25) is 9.69 Å². The molecule has 3 rings (SSSR count). The number of pyridine rings is 2. The van der Waals surface area contributed by atoms with E-state index in [1.54, 1.807) is 18.3 Å². The van der Waals surface area contributed by atoms with E-state index in [9.17, 15) is 4.79 Å². The van der Waals surface area contributed by atoms with E-state index in [-0.39, 0.29) is 14.5 Å². The van der Waals surface area contributed by atoms with Gasteiger partial charge in [0.2, 0.25) is 5.78 Å². The largest absolute Gasteiger partial charge is 0.383 e. The molecule has 0 saturated carbocycles. The fraction of sp³-hybridized carbons (Fsp3) is 0.421. The molecule has 3 heterocycles. The van der Waals surface area contributed by atoms with Crippen LogP contribution in [0.1, 0.15) is 39.2 Å². The molecule has 0 bridgehead atoms. The van der Waals surface area contributed by atoms with Gasteiger partial charge in [-0.1, -0.05) is 6.07 Å². The Balaban J connectivity index is 0.00000196. The molecule has 2 N–H and O–H groups in total. The lowest BCUT2D eigenvalue weighted by Gasteiger charge is -2.25. The van der Waals surface area contributed by atoms with Gasteiger partial charge in [-0.15, -0.1) is 0 Å². The smallest absolute Gasteiger partial charge is 0.215 e. The number of carbonyl (C=O) groups is 1. The van der Waals surface area contributed by atoms with Gasteiger partial charge in [0.25, 0.3) is 0 Å². The minimum absolute atomic E-state index is 0. The van der Waals surface area contributed by atoms with Gasteiger partial charge in [0.05, 0.1) is 5.56 Å². The average molecular weight is 422 g/mol. The first-order chi connectivity index (χ1) is 12.5. The molecule has 6 nitrogen and oxygen atoms in total. The zero-order valence-electron chi connectivity index (χ0n) is 15.2. The fourth-order valence-electron chi connectivity index (χ4n) is 3.18. The summed E-state index contributed by atoms with van der Waals surface area (Å²) < 4.78 is 0.715. The number of nitrogens with zero attached hydrogens (tertiary/aromatic N) is 4. The molecule has 1 saturated heterocycles. The lowest BCUT2D eigenvalue weighted by molar-refractivity contribution is 0.103. The maximum atomic E-state index is 12.8. The molecular formula is C19H28BrN5O. The third kappa shape index (κ3) is 4.22. The molecule has 26 heavy (non-hydrogen) atoms. The van der Waals surface area contributed by atoms with E-state index in [2.05, 4.69) is 49.5 Å². The second kappa shape index (κ2) is 8.14. The molecule has 142 valence electrons. The molecule has 0 amide bonds. The van der Waals surface area contributed by atoms with Crippen molar-refractivity contribution >= 4 is 33.3 Å². The number of ketones is 1. The summed E-state index contributed by atoms with van der Waals surface area (Å²) in [6, 6.07) is 7.80. The highest BCUT2D eigenvalue weighted by molar-refractivity contribution is 9.10. The van der Waals surface area contributed by atoms with E-state index < -0.39 is 0 Å². The highest BCUT2D eigenvalue weighted by Crippen LogP contribution is 2.21. The number of halogens is 1. The number of aromatic nitrogens is 2. The van der Waals surface area contributed by atoms with Crippen LogP contribution in [0.5, 0.6) is 0 Å². The topological polar surface area (TPSA) is 75.3 Å². The lowest BCUT2D eigenvalue weighted by Crippen LogP contribution is -2.35.